The largest absolute Gasteiger partial charge is 0.378 e. The smallest absolute Gasteiger partial charge is 0.193 e. The number of benzene rings is 4. The lowest BCUT2D eigenvalue weighted by molar-refractivity contribution is 0.103. The zero-order valence-corrected chi connectivity index (χ0v) is 18.1. The Hall–Kier alpha value is -3.85. The summed E-state index contributed by atoms with van der Waals surface area (Å²) < 4.78 is 0. The summed E-state index contributed by atoms with van der Waals surface area (Å²) in [5.74, 6) is 0.0484. The predicted molar refractivity (Wildman–Crippen MR) is 132 cm³/mol. The van der Waals surface area contributed by atoms with Crippen molar-refractivity contribution in [1.29, 1.82) is 0 Å². The summed E-state index contributed by atoms with van der Waals surface area (Å²) in [7, 11) is 0. The molecule has 158 valence electrons. The summed E-state index contributed by atoms with van der Waals surface area (Å²) in [4.78, 5) is 15.1. The van der Waals surface area contributed by atoms with Crippen LogP contribution < -0.4 is 10.2 Å². The van der Waals surface area contributed by atoms with E-state index < -0.39 is 0 Å². The van der Waals surface area contributed by atoms with E-state index >= 15 is 0 Å². The summed E-state index contributed by atoms with van der Waals surface area (Å²) in [5.41, 5.74) is 6.19. The zero-order valence-electron chi connectivity index (χ0n) is 18.1. The maximum absolute atomic E-state index is 12.7. The molecule has 1 aliphatic heterocycles. The minimum Gasteiger partial charge on any atom is -0.378 e. The van der Waals surface area contributed by atoms with Gasteiger partial charge in [-0.1, -0.05) is 66.7 Å². The van der Waals surface area contributed by atoms with Gasteiger partial charge in [-0.2, -0.15) is 0 Å². The first kappa shape index (κ1) is 20.1. The summed E-state index contributed by atoms with van der Waals surface area (Å²) in [5, 5.41) is 3.71. The van der Waals surface area contributed by atoms with Crippen LogP contribution in [0.1, 0.15) is 40.9 Å². The molecule has 5 rings (SSSR count). The van der Waals surface area contributed by atoms with Gasteiger partial charge in [-0.25, -0.2) is 0 Å². The molecular weight excluding hydrogens is 392 g/mol. The van der Waals surface area contributed by atoms with Gasteiger partial charge < -0.3 is 10.2 Å². The van der Waals surface area contributed by atoms with E-state index in [0.717, 1.165) is 12.1 Å². The maximum atomic E-state index is 12.7. The fourth-order valence-corrected chi connectivity index (χ4v) is 4.61. The third-order valence-electron chi connectivity index (χ3n) is 6.15. The molecule has 0 saturated carbocycles. The van der Waals surface area contributed by atoms with Gasteiger partial charge in [0.15, 0.2) is 5.78 Å². The van der Waals surface area contributed by atoms with Gasteiger partial charge >= 0.3 is 0 Å². The molecule has 4 aromatic rings. The number of carbonyl (C=O) groups excluding carboxylic acids is 1. The number of para-hydroxylation sites is 2. The van der Waals surface area contributed by atoms with Gasteiger partial charge in [0.25, 0.3) is 0 Å². The molecule has 0 aromatic heterocycles. The Bertz CT molecular complexity index is 1200. The van der Waals surface area contributed by atoms with Crippen molar-refractivity contribution in [3.05, 3.63) is 126 Å². The number of anilines is 3. The van der Waals surface area contributed by atoms with Crippen molar-refractivity contribution < 1.29 is 4.79 Å². The number of carbonyl (C=O) groups is 1. The summed E-state index contributed by atoms with van der Waals surface area (Å²) in [6.45, 7) is 2.28. The zero-order chi connectivity index (χ0) is 21.9. The van der Waals surface area contributed by atoms with Crippen molar-refractivity contribution >= 4 is 22.8 Å². The molecule has 4 aromatic carbocycles. The van der Waals surface area contributed by atoms with E-state index in [9.17, 15) is 4.79 Å². The van der Waals surface area contributed by atoms with Crippen molar-refractivity contribution in [1.82, 2.24) is 0 Å². The first-order chi connectivity index (χ1) is 15.7. The highest BCUT2D eigenvalue weighted by atomic mass is 16.1. The van der Waals surface area contributed by atoms with Gasteiger partial charge in [0.1, 0.15) is 0 Å². The van der Waals surface area contributed by atoms with Gasteiger partial charge in [-0.15, -0.1) is 0 Å². The lowest BCUT2D eigenvalue weighted by Gasteiger charge is -2.41. The summed E-state index contributed by atoms with van der Waals surface area (Å²) in [6.07, 6.45) is 0.983. The fraction of sp³-hybridized carbons (Fsp3) is 0.138. The number of hydrogen-bond donors (Lipinski definition) is 1. The minimum absolute atomic E-state index is 0.0484. The number of nitrogens with one attached hydrogen (secondary N) is 1. The molecule has 32 heavy (non-hydrogen) atoms. The van der Waals surface area contributed by atoms with E-state index in [0.29, 0.717) is 17.2 Å². The molecule has 0 amide bonds. The average molecular weight is 419 g/mol. The minimum atomic E-state index is 0.0484. The summed E-state index contributed by atoms with van der Waals surface area (Å²) in [6, 6.07) is 37.0. The van der Waals surface area contributed by atoms with Crippen molar-refractivity contribution in [3.8, 4) is 0 Å². The molecule has 0 aliphatic carbocycles. The highest BCUT2D eigenvalue weighted by Crippen LogP contribution is 2.42. The molecule has 1 N–H and O–H groups in total. The Balaban J connectivity index is 1.39. The van der Waals surface area contributed by atoms with Crippen LogP contribution >= 0.6 is 0 Å². The molecule has 2 atom stereocenters. The number of fused-ring (bicyclic) bond motifs is 1. The topological polar surface area (TPSA) is 32.3 Å². The summed E-state index contributed by atoms with van der Waals surface area (Å²) >= 11 is 0. The lowest BCUT2D eigenvalue weighted by Crippen LogP contribution is -2.37. The van der Waals surface area contributed by atoms with E-state index in [1.807, 2.05) is 54.6 Å². The number of nitrogens with zero attached hydrogens (tertiary/aromatic N) is 1. The molecule has 3 heteroatoms. The van der Waals surface area contributed by atoms with Crippen LogP contribution in [-0.2, 0) is 0 Å². The van der Waals surface area contributed by atoms with Crippen LogP contribution in [0.2, 0.25) is 0 Å². The normalized spacial score (nSPS) is 17.5. The van der Waals surface area contributed by atoms with Gasteiger partial charge in [-0.05, 0) is 61.4 Å². The van der Waals surface area contributed by atoms with Crippen LogP contribution in [0.3, 0.4) is 0 Å². The molecule has 1 heterocycles. The molecule has 0 bridgehead atoms. The molecule has 0 saturated heterocycles. The molecule has 0 radical (unpaired) electrons. The van der Waals surface area contributed by atoms with E-state index in [1.165, 1.54) is 16.9 Å². The third kappa shape index (κ3) is 3.90. The highest BCUT2D eigenvalue weighted by Gasteiger charge is 2.30. The molecule has 3 nitrogen and oxygen atoms in total. The van der Waals surface area contributed by atoms with Gasteiger partial charge in [-0.3, -0.25) is 4.79 Å². The van der Waals surface area contributed by atoms with Gasteiger partial charge in [0.2, 0.25) is 0 Å². The van der Waals surface area contributed by atoms with Crippen molar-refractivity contribution in [3.63, 3.8) is 0 Å². The van der Waals surface area contributed by atoms with Crippen LogP contribution in [0.5, 0.6) is 0 Å². The van der Waals surface area contributed by atoms with Crippen LogP contribution in [0.25, 0.3) is 0 Å². The second-order valence-corrected chi connectivity index (χ2v) is 8.32. The van der Waals surface area contributed by atoms with Crippen LogP contribution in [0.15, 0.2) is 109 Å². The van der Waals surface area contributed by atoms with Gasteiger partial charge in [0, 0.05) is 34.2 Å². The van der Waals surface area contributed by atoms with E-state index in [-0.39, 0.29) is 11.8 Å². The second kappa shape index (κ2) is 8.72. The van der Waals surface area contributed by atoms with E-state index in [1.54, 1.807) is 0 Å². The predicted octanol–water partition coefficient (Wildman–Crippen LogP) is 7.00. The Morgan fingerprint density at radius 3 is 2.06 bits per heavy atom. The number of rotatable bonds is 5. The third-order valence-corrected chi connectivity index (χ3v) is 6.15. The Morgan fingerprint density at radius 1 is 0.750 bits per heavy atom. The Kier molecular flexibility index (Phi) is 5.47. The number of hydrogen-bond acceptors (Lipinski definition) is 3. The van der Waals surface area contributed by atoms with Crippen molar-refractivity contribution in [2.75, 3.05) is 10.2 Å². The number of ketones is 1. The van der Waals surface area contributed by atoms with E-state index in [2.05, 4.69) is 71.7 Å². The monoisotopic (exact) mass is 418 g/mol. The average Bonchev–Trinajstić information content (AvgIpc) is 2.85. The van der Waals surface area contributed by atoms with Gasteiger partial charge in [0.05, 0.1) is 6.04 Å². The van der Waals surface area contributed by atoms with Crippen molar-refractivity contribution in [2.24, 2.45) is 0 Å². The van der Waals surface area contributed by atoms with Crippen LogP contribution in [-0.4, -0.2) is 11.8 Å². The molecule has 1 aliphatic rings. The Morgan fingerprint density at radius 2 is 1.34 bits per heavy atom. The fourth-order valence-electron chi connectivity index (χ4n) is 4.61. The second-order valence-electron chi connectivity index (χ2n) is 8.32. The first-order valence-electron chi connectivity index (χ1n) is 11.1. The maximum Gasteiger partial charge on any atom is 0.193 e. The molecular formula is C29H26N2O. The standard InChI is InChI=1S/C29H26N2O/c1-21-20-27(26-14-8-9-15-28(26)31(21)25-12-6-3-7-13-25)30-24-18-16-23(17-19-24)29(32)22-10-4-2-5-11-22/h2-19,21,27,30H,20H2,1H3. The molecule has 0 fully saturated rings. The highest BCUT2D eigenvalue weighted by molar-refractivity contribution is 6.09. The molecule has 2 unspecified atom stereocenters. The lowest BCUT2D eigenvalue weighted by atomic mass is 9.91. The van der Waals surface area contributed by atoms with Crippen molar-refractivity contribution in [2.45, 2.75) is 25.4 Å². The van der Waals surface area contributed by atoms with E-state index in [4.69, 9.17) is 0 Å². The first-order valence-corrected chi connectivity index (χ1v) is 11.1. The van der Waals surface area contributed by atoms with Crippen LogP contribution in [0.4, 0.5) is 17.1 Å². The van der Waals surface area contributed by atoms with Crippen LogP contribution in [0, 0.1) is 0 Å². The quantitative estimate of drug-likeness (QED) is 0.354. The molecule has 0 spiro atoms. The Labute approximate surface area is 189 Å². The SMILES string of the molecule is CC1CC(Nc2ccc(C(=O)c3ccccc3)cc2)c2ccccc2N1c1ccccc1.